The number of methoxy groups -OCH3 is 2. The topological polar surface area (TPSA) is 35.5 Å². The monoisotopic (exact) mass is 388 g/mol. The zero-order chi connectivity index (χ0) is 15.6. The molecule has 0 unspecified atom stereocenters. The molecular weight excluding hydrogens is 379 g/mol. The van der Waals surface area contributed by atoms with Gasteiger partial charge in [-0.15, -0.1) is 0 Å². The highest BCUT2D eigenvalue weighted by molar-refractivity contribution is 9.10. The zero-order valence-corrected chi connectivity index (χ0v) is 14.3. The number of ether oxygens (including phenoxy) is 2. The molecule has 0 bridgehead atoms. The first-order valence-corrected chi connectivity index (χ1v) is 7.43. The van der Waals surface area contributed by atoms with Crippen LogP contribution >= 0.6 is 39.1 Å². The van der Waals surface area contributed by atoms with E-state index in [1.54, 1.807) is 37.4 Å². The number of carbonyl (C=O) groups excluding carboxylic acids is 1. The van der Waals surface area contributed by atoms with E-state index < -0.39 is 0 Å². The van der Waals surface area contributed by atoms with Gasteiger partial charge in [-0.1, -0.05) is 23.2 Å². The second-order valence-electron chi connectivity index (χ2n) is 4.17. The SMILES string of the molecule is COc1cc(Br)c(C(=O)c2cc(Cl)cc(Cl)c2)c(OC)c1. The highest BCUT2D eigenvalue weighted by atomic mass is 79.9. The summed E-state index contributed by atoms with van der Waals surface area (Å²) in [6.45, 7) is 0. The van der Waals surface area contributed by atoms with Crippen molar-refractivity contribution in [2.45, 2.75) is 0 Å². The van der Waals surface area contributed by atoms with E-state index in [2.05, 4.69) is 15.9 Å². The van der Waals surface area contributed by atoms with Gasteiger partial charge >= 0.3 is 0 Å². The molecule has 0 radical (unpaired) electrons. The quantitative estimate of drug-likeness (QED) is 0.690. The van der Waals surface area contributed by atoms with E-state index in [4.69, 9.17) is 32.7 Å². The van der Waals surface area contributed by atoms with Gasteiger partial charge in [0.2, 0.25) is 0 Å². The van der Waals surface area contributed by atoms with Crippen LogP contribution in [0.1, 0.15) is 15.9 Å². The summed E-state index contributed by atoms with van der Waals surface area (Å²) < 4.78 is 11.0. The molecule has 0 saturated heterocycles. The van der Waals surface area contributed by atoms with Crippen molar-refractivity contribution < 1.29 is 14.3 Å². The minimum atomic E-state index is -0.245. The Morgan fingerprint density at radius 1 is 1.00 bits per heavy atom. The standard InChI is InChI=1S/C15H11BrCl2O3/c1-20-11-6-12(16)14(13(7-11)21-2)15(19)8-3-9(17)5-10(18)4-8/h3-7H,1-2H3. The van der Waals surface area contributed by atoms with E-state index in [1.165, 1.54) is 7.11 Å². The Morgan fingerprint density at radius 3 is 2.14 bits per heavy atom. The second kappa shape index (κ2) is 6.69. The molecule has 0 aliphatic rings. The summed E-state index contributed by atoms with van der Waals surface area (Å²) in [5.74, 6) is 0.743. The van der Waals surface area contributed by atoms with Gasteiger partial charge in [-0.05, 0) is 40.2 Å². The maximum Gasteiger partial charge on any atom is 0.198 e. The molecule has 0 atom stereocenters. The van der Waals surface area contributed by atoms with Crippen LogP contribution in [0.4, 0.5) is 0 Å². The highest BCUT2D eigenvalue weighted by Crippen LogP contribution is 2.34. The van der Waals surface area contributed by atoms with E-state index in [9.17, 15) is 4.79 Å². The molecule has 0 N–H and O–H groups in total. The molecule has 0 aliphatic heterocycles. The molecule has 110 valence electrons. The summed E-state index contributed by atoms with van der Waals surface area (Å²) in [4.78, 5) is 12.7. The number of ketones is 1. The van der Waals surface area contributed by atoms with Crippen LogP contribution in [0.5, 0.6) is 11.5 Å². The molecule has 0 heterocycles. The first-order chi connectivity index (χ1) is 9.96. The van der Waals surface area contributed by atoms with Gasteiger partial charge < -0.3 is 9.47 Å². The van der Waals surface area contributed by atoms with Crippen LogP contribution in [0.3, 0.4) is 0 Å². The van der Waals surface area contributed by atoms with Crippen LogP contribution in [-0.4, -0.2) is 20.0 Å². The maximum absolute atomic E-state index is 12.7. The summed E-state index contributed by atoms with van der Waals surface area (Å²) >= 11 is 15.3. The Kier molecular flexibility index (Phi) is 5.14. The second-order valence-corrected chi connectivity index (χ2v) is 5.90. The fourth-order valence-electron chi connectivity index (χ4n) is 1.89. The fourth-order valence-corrected chi connectivity index (χ4v) is 3.01. The molecule has 0 aromatic heterocycles. The summed E-state index contributed by atoms with van der Waals surface area (Å²) in [5, 5.41) is 0.795. The minimum Gasteiger partial charge on any atom is -0.497 e. The summed E-state index contributed by atoms with van der Waals surface area (Å²) in [5.41, 5.74) is 0.772. The molecule has 0 amide bonds. The lowest BCUT2D eigenvalue weighted by Gasteiger charge is -2.12. The molecule has 21 heavy (non-hydrogen) atoms. The first kappa shape index (κ1) is 16.1. The van der Waals surface area contributed by atoms with E-state index in [1.807, 2.05) is 0 Å². The molecule has 2 rings (SSSR count). The van der Waals surface area contributed by atoms with Crippen molar-refractivity contribution in [3.8, 4) is 11.5 Å². The summed E-state index contributed by atoms with van der Waals surface area (Å²) in [6.07, 6.45) is 0. The number of halogens is 3. The predicted molar refractivity (Wildman–Crippen MR) is 87.1 cm³/mol. The number of benzene rings is 2. The highest BCUT2D eigenvalue weighted by Gasteiger charge is 2.20. The Balaban J connectivity index is 2.57. The van der Waals surface area contributed by atoms with Gasteiger partial charge in [-0.2, -0.15) is 0 Å². The number of carbonyl (C=O) groups is 1. The largest absolute Gasteiger partial charge is 0.497 e. The van der Waals surface area contributed by atoms with E-state index in [0.717, 1.165) is 0 Å². The minimum absolute atomic E-state index is 0.245. The van der Waals surface area contributed by atoms with Crippen molar-refractivity contribution in [1.29, 1.82) is 0 Å². The third kappa shape index (κ3) is 3.51. The van der Waals surface area contributed by atoms with Gasteiger partial charge in [0.05, 0.1) is 19.8 Å². The third-order valence-corrected chi connectivity index (χ3v) is 3.90. The first-order valence-electron chi connectivity index (χ1n) is 5.88. The molecule has 0 saturated carbocycles. The van der Waals surface area contributed by atoms with Crippen LogP contribution in [0.2, 0.25) is 10.0 Å². The van der Waals surface area contributed by atoms with Crippen LogP contribution in [0.25, 0.3) is 0 Å². The Bertz CT molecular complexity index is 681. The molecule has 0 aliphatic carbocycles. The average Bonchev–Trinajstić information content (AvgIpc) is 2.44. The van der Waals surface area contributed by atoms with E-state index in [0.29, 0.717) is 37.1 Å². The summed E-state index contributed by atoms with van der Waals surface area (Å²) in [6, 6.07) is 8.03. The van der Waals surface area contributed by atoms with Gasteiger partial charge in [-0.25, -0.2) is 0 Å². The van der Waals surface area contributed by atoms with Crippen molar-refractivity contribution in [2.24, 2.45) is 0 Å². The van der Waals surface area contributed by atoms with Crippen molar-refractivity contribution in [3.05, 3.63) is 56.0 Å². The lowest BCUT2D eigenvalue weighted by atomic mass is 10.0. The molecule has 0 spiro atoms. The lowest BCUT2D eigenvalue weighted by molar-refractivity contribution is 0.103. The molecule has 3 nitrogen and oxygen atoms in total. The van der Waals surface area contributed by atoms with E-state index >= 15 is 0 Å². The third-order valence-electron chi connectivity index (χ3n) is 2.83. The van der Waals surface area contributed by atoms with Gasteiger partial charge in [0.25, 0.3) is 0 Å². The van der Waals surface area contributed by atoms with Crippen molar-refractivity contribution >= 4 is 44.9 Å². The van der Waals surface area contributed by atoms with Crippen molar-refractivity contribution in [2.75, 3.05) is 14.2 Å². The van der Waals surface area contributed by atoms with Crippen molar-refractivity contribution in [3.63, 3.8) is 0 Å². The Labute approximate surface area is 140 Å². The average molecular weight is 390 g/mol. The number of hydrogen-bond donors (Lipinski definition) is 0. The number of rotatable bonds is 4. The van der Waals surface area contributed by atoms with Gasteiger partial charge in [0.1, 0.15) is 11.5 Å². The lowest BCUT2D eigenvalue weighted by Crippen LogP contribution is -2.06. The molecule has 2 aromatic carbocycles. The molecule has 0 fully saturated rings. The smallest absolute Gasteiger partial charge is 0.198 e. The van der Waals surface area contributed by atoms with Crippen LogP contribution in [0.15, 0.2) is 34.8 Å². The molecule has 6 heteroatoms. The van der Waals surface area contributed by atoms with Crippen LogP contribution in [-0.2, 0) is 0 Å². The van der Waals surface area contributed by atoms with Crippen LogP contribution in [0, 0.1) is 0 Å². The van der Waals surface area contributed by atoms with Gasteiger partial charge in [-0.3, -0.25) is 4.79 Å². The molecule has 2 aromatic rings. The normalized spacial score (nSPS) is 10.3. The summed E-state index contributed by atoms with van der Waals surface area (Å²) in [7, 11) is 3.03. The van der Waals surface area contributed by atoms with E-state index in [-0.39, 0.29) is 5.78 Å². The fraction of sp³-hybridized carbons (Fsp3) is 0.133. The molecular formula is C15H11BrCl2O3. The maximum atomic E-state index is 12.7. The van der Waals surface area contributed by atoms with Gasteiger partial charge in [0.15, 0.2) is 5.78 Å². The van der Waals surface area contributed by atoms with Gasteiger partial charge in [0, 0.05) is 26.1 Å². The van der Waals surface area contributed by atoms with Crippen LogP contribution < -0.4 is 9.47 Å². The Morgan fingerprint density at radius 2 is 1.62 bits per heavy atom. The zero-order valence-electron chi connectivity index (χ0n) is 11.2. The predicted octanol–water partition coefficient (Wildman–Crippen LogP) is 5.00. The van der Waals surface area contributed by atoms with Crippen molar-refractivity contribution in [1.82, 2.24) is 0 Å². The Hall–Kier alpha value is -1.23. The number of hydrogen-bond acceptors (Lipinski definition) is 3.